The Morgan fingerprint density at radius 2 is 1.97 bits per heavy atom. The number of amides is 1. The van der Waals surface area contributed by atoms with E-state index in [9.17, 15) is 24.1 Å². The van der Waals surface area contributed by atoms with Crippen LogP contribution in [-0.2, 0) is 6.42 Å². The maximum absolute atomic E-state index is 13.9. The van der Waals surface area contributed by atoms with Crippen molar-refractivity contribution in [3.8, 4) is 12.1 Å². The van der Waals surface area contributed by atoms with Crippen LogP contribution in [0.5, 0.6) is 0 Å². The van der Waals surface area contributed by atoms with Gasteiger partial charge in [-0.05, 0) is 43.0 Å². The molecule has 0 spiro atoms. The largest absolute Gasteiger partial charge is 0.356 e. The quantitative estimate of drug-likeness (QED) is 0.625. The van der Waals surface area contributed by atoms with Crippen LogP contribution >= 0.6 is 0 Å². The fourth-order valence-electron chi connectivity index (χ4n) is 3.74. The molecule has 1 aliphatic heterocycles. The van der Waals surface area contributed by atoms with Gasteiger partial charge in [-0.25, -0.2) is 13.8 Å². The molecule has 0 atom stereocenters. The van der Waals surface area contributed by atoms with Gasteiger partial charge in [-0.1, -0.05) is 32.9 Å². The van der Waals surface area contributed by atoms with Gasteiger partial charge < -0.3 is 10.2 Å². The summed E-state index contributed by atoms with van der Waals surface area (Å²) in [5, 5.41) is 21.8. The molecule has 1 aromatic carbocycles. The van der Waals surface area contributed by atoms with Crippen molar-refractivity contribution < 1.29 is 15.0 Å². The number of alkyl halides is 2. The molecule has 1 aliphatic rings. The van der Waals surface area contributed by atoms with Crippen LogP contribution in [-0.4, -0.2) is 29.9 Å². The number of aryl methyl sites for hydroxylation is 1. The van der Waals surface area contributed by atoms with Crippen molar-refractivity contribution in [3.63, 3.8) is 0 Å². The molecule has 1 fully saturated rings. The van der Waals surface area contributed by atoms with E-state index in [0.717, 1.165) is 12.0 Å². The zero-order chi connectivity index (χ0) is 24.6. The van der Waals surface area contributed by atoms with Gasteiger partial charge in [0, 0.05) is 33.0 Å². The lowest BCUT2D eigenvalue weighted by Crippen LogP contribution is -2.30. The summed E-state index contributed by atoms with van der Waals surface area (Å²) in [6.07, 6.45) is 0.423. The Morgan fingerprint density at radius 1 is 1.24 bits per heavy atom. The highest BCUT2D eigenvalue weighted by atomic mass is 19.3. The summed E-state index contributed by atoms with van der Waals surface area (Å²) >= 11 is 0. The monoisotopic (exact) mass is 455 g/mol. The summed E-state index contributed by atoms with van der Waals surface area (Å²) in [5.74, 6) is -3.11. The third-order valence-corrected chi connectivity index (χ3v) is 5.48. The number of nitrogens with one attached hydrogen (secondary N) is 1. The first-order valence-electron chi connectivity index (χ1n) is 11.2. The third kappa shape index (κ3) is 6.04. The van der Waals surface area contributed by atoms with E-state index in [1.165, 1.54) is 0 Å². The number of halogens is 2. The molecule has 176 valence electrons. The minimum Gasteiger partial charge on any atom is -0.356 e. The summed E-state index contributed by atoms with van der Waals surface area (Å²) in [4.78, 5) is 19.1. The molecule has 1 N–H and O–H groups in total. The fourth-order valence-corrected chi connectivity index (χ4v) is 3.74. The molecule has 33 heavy (non-hydrogen) atoms. The highest BCUT2D eigenvalue weighted by Crippen LogP contribution is 2.33. The standard InChI is InChI=1S/C23H23F2N5O.C2H6.H2/c1-3-16-6-4-7-17(12-16)28-22(31)20-15(2)18(13-26)19(14-27)29-21(20)30-10-5-8-23(24,25)9-11-30;1-2;/h4,6-7,12H,3,5,8-11H2,1-2H3,(H,28,31);1-2H3;1H. The Kier molecular flexibility index (Phi) is 8.87. The molecule has 0 saturated carbocycles. The second kappa shape index (κ2) is 11.4. The number of rotatable bonds is 4. The van der Waals surface area contributed by atoms with Gasteiger partial charge in [0.1, 0.15) is 18.0 Å². The van der Waals surface area contributed by atoms with Crippen molar-refractivity contribution in [3.05, 3.63) is 52.2 Å². The molecule has 1 amide bonds. The molecule has 2 heterocycles. The zero-order valence-electron chi connectivity index (χ0n) is 19.5. The predicted molar refractivity (Wildman–Crippen MR) is 127 cm³/mol. The van der Waals surface area contributed by atoms with Crippen molar-refractivity contribution in [2.24, 2.45) is 0 Å². The number of carbonyl (C=O) groups is 1. The van der Waals surface area contributed by atoms with Crippen molar-refractivity contribution in [2.75, 3.05) is 23.3 Å². The molecule has 0 radical (unpaired) electrons. The van der Waals surface area contributed by atoms with Crippen molar-refractivity contribution >= 4 is 17.4 Å². The van der Waals surface area contributed by atoms with E-state index in [4.69, 9.17) is 0 Å². The summed E-state index contributed by atoms with van der Waals surface area (Å²) in [6, 6.07) is 11.2. The molecule has 3 rings (SSSR count). The van der Waals surface area contributed by atoms with E-state index in [1.54, 1.807) is 17.9 Å². The lowest BCUT2D eigenvalue weighted by molar-refractivity contribution is -0.0102. The molecule has 1 aromatic heterocycles. The van der Waals surface area contributed by atoms with Gasteiger partial charge in [0.2, 0.25) is 5.92 Å². The second-order valence-corrected chi connectivity index (χ2v) is 7.59. The van der Waals surface area contributed by atoms with E-state index in [1.807, 2.05) is 51.1 Å². The van der Waals surface area contributed by atoms with Crippen LogP contribution < -0.4 is 10.2 Å². The van der Waals surface area contributed by atoms with Crippen LogP contribution in [0.3, 0.4) is 0 Å². The van der Waals surface area contributed by atoms with Crippen molar-refractivity contribution in [1.82, 2.24) is 4.98 Å². The second-order valence-electron chi connectivity index (χ2n) is 7.59. The Morgan fingerprint density at radius 3 is 2.61 bits per heavy atom. The molecule has 0 aliphatic carbocycles. The van der Waals surface area contributed by atoms with Crippen LogP contribution in [0.4, 0.5) is 20.3 Å². The first kappa shape index (κ1) is 25.7. The van der Waals surface area contributed by atoms with Crippen LogP contribution in [0.1, 0.15) is 74.2 Å². The number of aromatic nitrogens is 1. The van der Waals surface area contributed by atoms with Crippen LogP contribution in [0.2, 0.25) is 0 Å². The molecule has 8 heteroatoms. The molecule has 0 bridgehead atoms. The van der Waals surface area contributed by atoms with Gasteiger partial charge in [0.15, 0.2) is 5.69 Å². The summed E-state index contributed by atoms with van der Waals surface area (Å²) in [5.41, 5.74) is 1.96. The van der Waals surface area contributed by atoms with Gasteiger partial charge in [-0.15, -0.1) is 0 Å². The number of pyridine rings is 1. The Hall–Kier alpha value is -3.52. The smallest absolute Gasteiger partial charge is 0.259 e. The van der Waals surface area contributed by atoms with Crippen LogP contribution in [0, 0.1) is 29.6 Å². The molecule has 2 aromatic rings. The van der Waals surface area contributed by atoms with E-state index < -0.39 is 11.8 Å². The average molecular weight is 456 g/mol. The normalized spacial score (nSPS) is 14.7. The average Bonchev–Trinajstić information content (AvgIpc) is 2.99. The van der Waals surface area contributed by atoms with Crippen LogP contribution in [0.15, 0.2) is 24.3 Å². The number of anilines is 2. The maximum Gasteiger partial charge on any atom is 0.259 e. The minimum atomic E-state index is -2.78. The highest BCUT2D eigenvalue weighted by molar-refractivity contribution is 6.09. The molecule has 1 saturated heterocycles. The van der Waals surface area contributed by atoms with Crippen molar-refractivity contribution in [1.29, 1.82) is 10.5 Å². The van der Waals surface area contributed by atoms with Gasteiger partial charge in [0.25, 0.3) is 5.91 Å². The number of nitriles is 2. The fraction of sp³-hybridized carbons (Fsp3) is 0.440. The number of benzene rings is 1. The van der Waals surface area contributed by atoms with E-state index in [0.29, 0.717) is 11.3 Å². The predicted octanol–water partition coefficient (Wildman–Crippen LogP) is 5.85. The minimum absolute atomic E-state index is 0. The topological polar surface area (TPSA) is 92.8 Å². The molecule has 6 nitrogen and oxygen atoms in total. The third-order valence-electron chi connectivity index (χ3n) is 5.48. The number of carbonyl (C=O) groups excluding carboxylic acids is 1. The van der Waals surface area contributed by atoms with E-state index >= 15 is 0 Å². The first-order valence-corrected chi connectivity index (χ1v) is 11.2. The molecule has 0 unspecified atom stereocenters. The summed E-state index contributed by atoms with van der Waals surface area (Å²) in [6.45, 7) is 7.86. The Bertz CT molecular complexity index is 1090. The molecular formula is C25H31F2N5O. The lowest BCUT2D eigenvalue weighted by Gasteiger charge is -2.25. The van der Waals surface area contributed by atoms with Gasteiger partial charge in [-0.3, -0.25) is 4.79 Å². The van der Waals surface area contributed by atoms with Gasteiger partial charge >= 0.3 is 0 Å². The Labute approximate surface area is 195 Å². The maximum atomic E-state index is 13.9. The molecular weight excluding hydrogens is 424 g/mol. The van der Waals surface area contributed by atoms with E-state index in [-0.39, 0.29) is 56.4 Å². The summed E-state index contributed by atoms with van der Waals surface area (Å²) in [7, 11) is 0. The SMILES string of the molecule is CC.CCc1cccc(NC(=O)c2c(N3CCCC(F)(F)CC3)nc(C#N)c(C#N)c2C)c1.[HH]. The lowest BCUT2D eigenvalue weighted by atomic mass is 10.0. The number of nitrogens with zero attached hydrogens (tertiary/aromatic N) is 4. The zero-order valence-corrected chi connectivity index (χ0v) is 19.5. The Balaban J connectivity index is 0.00000188. The van der Waals surface area contributed by atoms with E-state index in [2.05, 4.69) is 10.3 Å². The number of hydrogen-bond donors (Lipinski definition) is 1. The highest BCUT2D eigenvalue weighted by Gasteiger charge is 2.34. The van der Waals surface area contributed by atoms with Gasteiger partial charge in [-0.2, -0.15) is 10.5 Å². The van der Waals surface area contributed by atoms with Crippen molar-refractivity contribution in [2.45, 2.75) is 59.3 Å². The first-order chi connectivity index (χ1) is 15.8. The summed E-state index contributed by atoms with van der Waals surface area (Å²) < 4.78 is 27.8. The number of hydrogen-bond acceptors (Lipinski definition) is 5. The van der Waals surface area contributed by atoms with Gasteiger partial charge in [0.05, 0.1) is 11.1 Å². The van der Waals surface area contributed by atoms with Crippen LogP contribution in [0.25, 0.3) is 0 Å².